The number of halogens is 1. The number of benzene rings is 1. The van der Waals surface area contributed by atoms with Crippen molar-refractivity contribution in [3.05, 3.63) is 45.0 Å². The van der Waals surface area contributed by atoms with Crippen LogP contribution in [0.1, 0.15) is 0 Å². The smallest absolute Gasteiger partial charge is 0.329 e. The van der Waals surface area contributed by atoms with Gasteiger partial charge in [-0.2, -0.15) is 0 Å². The minimum Gasteiger partial charge on any atom is -0.378 e. The normalized spacial score (nSPS) is 10.4. The van der Waals surface area contributed by atoms with Gasteiger partial charge in [0, 0.05) is 19.8 Å². The number of aromatic amines is 1. The van der Waals surface area contributed by atoms with Crippen molar-refractivity contribution in [1.82, 2.24) is 4.98 Å². The molecule has 0 aliphatic heterocycles. The number of hydrogen-bond donors (Lipinski definition) is 1. The molecule has 0 aliphatic rings. The number of rotatable bonds is 3. The van der Waals surface area contributed by atoms with Gasteiger partial charge < -0.3 is 15.0 Å². The number of nitrogens with zero attached hydrogens (tertiary/aromatic N) is 2. The highest BCUT2D eigenvalue weighted by molar-refractivity contribution is 9.10. The Morgan fingerprint density at radius 2 is 1.89 bits per heavy atom. The molecule has 0 amide bonds. The maximum Gasteiger partial charge on any atom is 0.329 e. The lowest BCUT2D eigenvalue weighted by Gasteiger charge is -2.12. The van der Waals surface area contributed by atoms with Crippen LogP contribution in [0.15, 0.2) is 34.9 Å². The van der Waals surface area contributed by atoms with Crippen LogP contribution in [0.2, 0.25) is 0 Å². The highest BCUT2D eigenvalue weighted by Gasteiger charge is 2.19. The molecule has 18 heavy (non-hydrogen) atoms. The molecule has 2 aromatic rings. The SMILES string of the molecule is CN(C)c1ccc(-c2c(Br)c[nH]c2[N+](=O)[O-])cc1. The fraction of sp³-hybridized carbons (Fsp3) is 0.167. The van der Waals surface area contributed by atoms with E-state index >= 15 is 0 Å². The molecule has 0 bridgehead atoms. The quantitative estimate of drug-likeness (QED) is 0.698. The van der Waals surface area contributed by atoms with Crippen molar-refractivity contribution in [3.8, 4) is 11.1 Å². The van der Waals surface area contributed by atoms with Crippen LogP contribution in [0.3, 0.4) is 0 Å². The topological polar surface area (TPSA) is 62.2 Å². The molecular formula is C12H12BrN3O2. The third-order valence-corrected chi connectivity index (χ3v) is 3.29. The summed E-state index contributed by atoms with van der Waals surface area (Å²) in [5.41, 5.74) is 2.43. The second-order valence-electron chi connectivity index (χ2n) is 4.06. The van der Waals surface area contributed by atoms with Gasteiger partial charge in [-0.15, -0.1) is 0 Å². The molecule has 0 atom stereocenters. The molecule has 6 heteroatoms. The molecular weight excluding hydrogens is 298 g/mol. The van der Waals surface area contributed by atoms with E-state index in [1.807, 2.05) is 43.3 Å². The molecule has 0 unspecified atom stereocenters. The summed E-state index contributed by atoms with van der Waals surface area (Å²) in [6.07, 6.45) is 1.58. The molecule has 0 spiro atoms. The molecule has 0 aliphatic carbocycles. The van der Waals surface area contributed by atoms with E-state index in [0.29, 0.717) is 10.0 Å². The highest BCUT2D eigenvalue weighted by Crippen LogP contribution is 2.36. The summed E-state index contributed by atoms with van der Waals surface area (Å²) in [4.78, 5) is 15.1. The van der Waals surface area contributed by atoms with Crippen molar-refractivity contribution in [3.63, 3.8) is 0 Å². The first-order valence-electron chi connectivity index (χ1n) is 5.29. The second kappa shape index (κ2) is 4.81. The first-order valence-corrected chi connectivity index (χ1v) is 6.09. The van der Waals surface area contributed by atoms with Crippen LogP contribution in [0, 0.1) is 10.1 Å². The van der Waals surface area contributed by atoms with Crippen LogP contribution in [0.4, 0.5) is 11.5 Å². The van der Waals surface area contributed by atoms with Crippen LogP contribution in [0.25, 0.3) is 11.1 Å². The van der Waals surface area contributed by atoms with Gasteiger partial charge in [-0.05, 0) is 38.5 Å². The second-order valence-corrected chi connectivity index (χ2v) is 4.91. The number of nitrogens with one attached hydrogen (secondary N) is 1. The number of aromatic nitrogens is 1. The third kappa shape index (κ3) is 2.24. The summed E-state index contributed by atoms with van der Waals surface area (Å²) >= 11 is 3.32. The Morgan fingerprint density at radius 3 is 2.39 bits per heavy atom. The number of H-pyrrole nitrogens is 1. The molecule has 0 fully saturated rings. The summed E-state index contributed by atoms with van der Waals surface area (Å²) < 4.78 is 0.687. The van der Waals surface area contributed by atoms with Crippen molar-refractivity contribution < 1.29 is 4.92 Å². The molecule has 1 aromatic carbocycles. The zero-order chi connectivity index (χ0) is 13.3. The van der Waals surface area contributed by atoms with Crippen LogP contribution >= 0.6 is 15.9 Å². The Labute approximate surface area is 113 Å². The van der Waals surface area contributed by atoms with E-state index in [4.69, 9.17) is 0 Å². The Bertz CT molecular complexity index is 576. The minimum atomic E-state index is -0.417. The van der Waals surface area contributed by atoms with Crippen LogP contribution < -0.4 is 4.90 Å². The average molecular weight is 310 g/mol. The molecule has 1 heterocycles. The fourth-order valence-electron chi connectivity index (χ4n) is 1.73. The van der Waals surface area contributed by atoms with Crippen LogP contribution in [-0.2, 0) is 0 Å². The van der Waals surface area contributed by atoms with Crippen molar-refractivity contribution in [1.29, 1.82) is 0 Å². The van der Waals surface area contributed by atoms with E-state index in [0.717, 1.165) is 11.3 Å². The Hall–Kier alpha value is -1.82. The summed E-state index contributed by atoms with van der Waals surface area (Å²) in [5.74, 6) is -0.000483. The number of nitro groups is 1. The largest absolute Gasteiger partial charge is 0.378 e. The van der Waals surface area contributed by atoms with Gasteiger partial charge in [0.25, 0.3) is 0 Å². The Kier molecular flexibility index (Phi) is 3.38. The van der Waals surface area contributed by atoms with E-state index in [-0.39, 0.29) is 5.82 Å². The van der Waals surface area contributed by atoms with Gasteiger partial charge in [-0.3, -0.25) is 0 Å². The summed E-state index contributed by atoms with van der Waals surface area (Å²) in [6, 6.07) is 7.60. The van der Waals surface area contributed by atoms with E-state index in [9.17, 15) is 10.1 Å². The zero-order valence-electron chi connectivity index (χ0n) is 9.98. The molecule has 0 saturated heterocycles. The highest BCUT2D eigenvalue weighted by atomic mass is 79.9. The van der Waals surface area contributed by atoms with E-state index in [1.54, 1.807) is 6.20 Å². The first-order chi connectivity index (χ1) is 8.50. The van der Waals surface area contributed by atoms with Crippen molar-refractivity contribution >= 4 is 27.4 Å². The lowest BCUT2D eigenvalue weighted by atomic mass is 10.1. The summed E-state index contributed by atoms with van der Waals surface area (Å²) in [6.45, 7) is 0. The summed E-state index contributed by atoms with van der Waals surface area (Å²) in [5, 5.41) is 10.9. The van der Waals surface area contributed by atoms with Gasteiger partial charge in [0.15, 0.2) is 0 Å². The molecule has 94 valence electrons. The predicted octanol–water partition coefficient (Wildman–Crippen LogP) is 3.42. The van der Waals surface area contributed by atoms with Gasteiger partial charge >= 0.3 is 5.82 Å². The van der Waals surface area contributed by atoms with E-state index in [2.05, 4.69) is 20.9 Å². The Balaban J connectivity index is 2.48. The molecule has 5 nitrogen and oxygen atoms in total. The summed E-state index contributed by atoms with van der Waals surface area (Å²) in [7, 11) is 3.90. The monoisotopic (exact) mass is 309 g/mol. The predicted molar refractivity (Wildman–Crippen MR) is 74.9 cm³/mol. The standard InChI is InChI=1S/C12H12BrN3O2/c1-15(2)9-5-3-8(4-6-9)11-10(13)7-14-12(11)16(17)18/h3-7,14H,1-2H3. The minimum absolute atomic E-state index is 0.000483. The van der Waals surface area contributed by atoms with Crippen LogP contribution in [0.5, 0.6) is 0 Å². The molecule has 1 aromatic heterocycles. The maximum absolute atomic E-state index is 10.9. The molecule has 2 rings (SSSR count). The number of hydrogen-bond acceptors (Lipinski definition) is 3. The van der Waals surface area contributed by atoms with E-state index in [1.165, 1.54) is 0 Å². The van der Waals surface area contributed by atoms with E-state index < -0.39 is 4.92 Å². The van der Waals surface area contributed by atoms with Gasteiger partial charge in [0.1, 0.15) is 6.20 Å². The van der Waals surface area contributed by atoms with Crippen molar-refractivity contribution in [2.24, 2.45) is 0 Å². The lowest BCUT2D eigenvalue weighted by molar-refractivity contribution is -0.388. The van der Waals surface area contributed by atoms with Crippen molar-refractivity contribution in [2.75, 3.05) is 19.0 Å². The number of anilines is 1. The molecule has 0 radical (unpaired) electrons. The molecule has 0 saturated carbocycles. The van der Waals surface area contributed by atoms with Gasteiger partial charge in [0.05, 0.1) is 10.0 Å². The fourth-order valence-corrected chi connectivity index (χ4v) is 2.27. The zero-order valence-corrected chi connectivity index (χ0v) is 11.6. The van der Waals surface area contributed by atoms with Gasteiger partial charge in [-0.25, -0.2) is 4.98 Å². The maximum atomic E-state index is 10.9. The lowest BCUT2D eigenvalue weighted by Crippen LogP contribution is -2.07. The van der Waals surface area contributed by atoms with Gasteiger partial charge in [-0.1, -0.05) is 12.1 Å². The first kappa shape index (κ1) is 12.6. The van der Waals surface area contributed by atoms with Crippen molar-refractivity contribution in [2.45, 2.75) is 0 Å². The molecule has 1 N–H and O–H groups in total. The van der Waals surface area contributed by atoms with Gasteiger partial charge in [0.2, 0.25) is 0 Å². The third-order valence-electron chi connectivity index (χ3n) is 2.67. The van der Waals surface area contributed by atoms with Crippen LogP contribution in [-0.4, -0.2) is 24.0 Å². The average Bonchev–Trinajstić information content (AvgIpc) is 2.71. The Morgan fingerprint density at radius 1 is 1.28 bits per heavy atom.